The molecule has 3 aliphatic heterocycles. The molecule has 5 heteroatoms. The average Bonchev–Trinajstić information content (AvgIpc) is 2.81. The van der Waals surface area contributed by atoms with Crippen molar-refractivity contribution < 1.29 is 9.59 Å². The van der Waals surface area contributed by atoms with Crippen molar-refractivity contribution in [3.8, 4) is 0 Å². The summed E-state index contributed by atoms with van der Waals surface area (Å²) in [5.41, 5.74) is 0. The SMILES string of the molecule is O=C1CN(C2CCN3CCCCC23)C(=O)N1. The van der Waals surface area contributed by atoms with E-state index in [1.54, 1.807) is 4.90 Å². The third-order valence-corrected chi connectivity index (χ3v) is 4.04. The maximum absolute atomic E-state index is 11.6. The lowest BCUT2D eigenvalue weighted by atomic mass is 9.98. The number of amides is 3. The number of carbonyl (C=O) groups excluding carboxylic acids is 2. The summed E-state index contributed by atoms with van der Waals surface area (Å²) in [6.45, 7) is 2.49. The smallest absolute Gasteiger partial charge is 0.311 e. The van der Waals surface area contributed by atoms with Crippen LogP contribution in [-0.4, -0.2) is 53.5 Å². The van der Waals surface area contributed by atoms with Crippen LogP contribution in [0.4, 0.5) is 4.79 Å². The molecule has 0 aromatic rings. The summed E-state index contributed by atoms with van der Waals surface area (Å²) in [4.78, 5) is 27.0. The zero-order valence-electron chi connectivity index (χ0n) is 9.32. The number of nitrogens with one attached hydrogen (secondary N) is 1. The summed E-state index contributed by atoms with van der Waals surface area (Å²) >= 11 is 0. The summed E-state index contributed by atoms with van der Waals surface area (Å²) in [6, 6.07) is 0.555. The van der Waals surface area contributed by atoms with Crippen LogP contribution in [-0.2, 0) is 4.79 Å². The van der Waals surface area contributed by atoms with Crippen molar-refractivity contribution in [1.29, 1.82) is 0 Å². The Morgan fingerprint density at radius 1 is 1.06 bits per heavy atom. The molecular formula is C11H17N3O2. The second-order valence-corrected chi connectivity index (χ2v) is 4.94. The van der Waals surface area contributed by atoms with Crippen LogP contribution in [0.2, 0.25) is 0 Å². The first-order chi connectivity index (χ1) is 7.75. The van der Waals surface area contributed by atoms with Gasteiger partial charge in [0.25, 0.3) is 0 Å². The number of nitrogens with zero attached hydrogens (tertiary/aromatic N) is 2. The fraction of sp³-hybridized carbons (Fsp3) is 0.818. The molecule has 3 aliphatic rings. The minimum atomic E-state index is -0.192. The van der Waals surface area contributed by atoms with E-state index in [1.165, 1.54) is 19.3 Å². The quantitative estimate of drug-likeness (QED) is 0.644. The van der Waals surface area contributed by atoms with Crippen LogP contribution in [0.25, 0.3) is 0 Å². The van der Waals surface area contributed by atoms with Gasteiger partial charge in [-0.2, -0.15) is 0 Å². The highest BCUT2D eigenvalue weighted by molar-refractivity contribution is 6.02. The van der Waals surface area contributed by atoms with E-state index in [0.717, 1.165) is 19.5 Å². The highest BCUT2D eigenvalue weighted by atomic mass is 16.2. The van der Waals surface area contributed by atoms with Crippen molar-refractivity contribution in [3.63, 3.8) is 0 Å². The molecule has 0 aromatic heterocycles. The molecule has 16 heavy (non-hydrogen) atoms. The topological polar surface area (TPSA) is 52.7 Å². The molecule has 0 saturated carbocycles. The van der Waals surface area contributed by atoms with Gasteiger partial charge in [0.05, 0.1) is 6.04 Å². The Morgan fingerprint density at radius 3 is 2.69 bits per heavy atom. The molecule has 0 radical (unpaired) electrons. The van der Waals surface area contributed by atoms with Crippen molar-refractivity contribution in [3.05, 3.63) is 0 Å². The van der Waals surface area contributed by atoms with Gasteiger partial charge in [0.2, 0.25) is 5.91 Å². The standard InChI is InChI=1S/C11H17N3O2/c15-10-7-14(11(16)12-10)9-4-6-13-5-2-1-3-8(9)13/h8-9H,1-7H2,(H,12,15,16). The fourth-order valence-electron chi connectivity index (χ4n) is 3.31. The number of hydrogen-bond donors (Lipinski definition) is 1. The average molecular weight is 223 g/mol. The lowest BCUT2D eigenvalue weighted by Crippen LogP contribution is -2.48. The summed E-state index contributed by atoms with van der Waals surface area (Å²) in [5.74, 6) is -0.153. The van der Waals surface area contributed by atoms with Crippen molar-refractivity contribution >= 4 is 11.9 Å². The van der Waals surface area contributed by atoms with Crippen LogP contribution >= 0.6 is 0 Å². The summed E-state index contributed by atoms with van der Waals surface area (Å²) in [7, 11) is 0. The monoisotopic (exact) mass is 223 g/mol. The Bertz CT molecular complexity index is 331. The van der Waals surface area contributed by atoms with E-state index in [2.05, 4.69) is 10.2 Å². The lowest BCUT2D eigenvalue weighted by Gasteiger charge is -2.35. The van der Waals surface area contributed by atoms with Gasteiger partial charge in [-0.05, 0) is 25.8 Å². The van der Waals surface area contributed by atoms with Crippen molar-refractivity contribution in [2.75, 3.05) is 19.6 Å². The Morgan fingerprint density at radius 2 is 1.94 bits per heavy atom. The molecule has 88 valence electrons. The number of hydrogen-bond acceptors (Lipinski definition) is 3. The third kappa shape index (κ3) is 1.50. The van der Waals surface area contributed by atoms with Gasteiger partial charge >= 0.3 is 6.03 Å². The first-order valence-electron chi connectivity index (χ1n) is 6.10. The van der Waals surface area contributed by atoms with Gasteiger partial charge in [-0.15, -0.1) is 0 Å². The minimum absolute atomic E-state index is 0.153. The minimum Gasteiger partial charge on any atom is -0.311 e. The van der Waals surface area contributed by atoms with Gasteiger partial charge in [0.15, 0.2) is 0 Å². The molecule has 3 fully saturated rings. The van der Waals surface area contributed by atoms with Crippen LogP contribution in [0.1, 0.15) is 25.7 Å². The highest BCUT2D eigenvalue weighted by Crippen LogP contribution is 2.31. The Labute approximate surface area is 94.8 Å². The Kier molecular flexibility index (Phi) is 2.35. The van der Waals surface area contributed by atoms with Crippen molar-refractivity contribution in [1.82, 2.24) is 15.1 Å². The number of piperidine rings is 1. The lowest BCUT2D eigenvalue weighted by molar-refractivity contribution is -0.118. The van der Waals surface area contributed by atoms with Crippen LogP contribution in [0.15, 0.2) is 0 Å². The summed E-state index contributed by atoms with van der Waals surface area (Å²) in [6.07, 6.45) is 4.71. The number of imide groups is 1. The largest absolute Gasteiger partial charge is 0.324 e. The summed E-state index contributed by atoms with van der Waals surface area (Å²) in [5, 5.41) is 2.37. The van der Waals surface area contributed by atoms with Crippen LogP contribution in [0.3, 0.4) is 0 Å². The normalized spacial score (nSPS) is 35.4. The van der Waals surface area contributed by atoms with Gasteiger partial charge in [-0.25, -0.2) is 4.79 Å². The first kappa shape index (κ1) is 10.1. The molecule has 2 unspecified atom stereocenters. The predicted molar refractivity (Wildman–Crippen MR) is 57.9 cm³/mol. The molecule has 0 spiro atoms. The second kappa shape index (κ2) is 3.73. The Hall–Kier alpha value is -1.10. The molecule has 0 aromatic carbocycles. The molecule has 3 rings (SSSR count). The van der Waals surface area contributed by atoms with Gasteiger partial charge in [0.1, 0.15) is 6.54 Å². The number of fused-ring (bicyclic) bond motifs is 1. The van der Waals surface area contributed by atoms with Gasteiger partial charge in [-0.1, -0.05) is 6.42 Å². The van der Waals surface area contributed by atoms with E-state index in [4.69, 9.17) is 0 Å². The number of carbonyl (C=O) groups is 2. The maximum Gasteiger partial charge on any atom is 0.324 e. The van der Waals surface area contributed by atoms with Gasteiger partial charge in [0, 0.05) is 12.6 Å². The molecular weight excluding hydrogens is 206 g/mol. The van der Waals surface area contributed by atoms with E-state index in [0.29, 0.717) is 6.04 Å². The van der Waals surface area contributed by atoms with Crippen LogP contribution in [0, 0.1) is 0 Å². The van der Waals surface area contributed by atoms with Crippen LogP contribution in [0.5, 0.6) is 0 Å². The molecule has 3 saturated heterocycles. The summed E-state index contributed by atoms with van der Waals surface area (Å²) < 4.78 is 0. The van der Waals surface area contributed by atoms with E-state index in [1.807, 2.05) is 0 Å². The third-order valence-electron chi connectivity index (χ3n) is 4.04. The van der Waals surface area contributed by atoms with Gasteiger partial charge in [-0.3, -0.25) is 15.0 Å². The predicted octanol–water partition coefficient (Wildman–Crippen LogP) is 0.165. The fourth-order valence-corrected chi connectivity index (χ4v) is 3.31. The second-order valence-electron chi connectivity index (χ2n) is 4.94. The molecule has 3 heterocycles. The van der Waals surface area contributed by atoms with Crippen molar-refractivity contribution in [2.24, 2.45) is 0 Å². The molecule has 0 aliphatic carbocycles. The van der Waals surface area contributed by atoms with E-state index in [9.17, 15) is 9.59 Å². The van der Waals surface area contributed by atoms with Crippen molar-refractivity contribution in [2.45, 2.75) is 37.8 Å². The first-order valence-corrected chi connectivity index (χ1v) is 6.10. The van der Waals surface area contributed by atoms with Gasteiger partial charge < -0.3 is 4.90 Å². The molecule has 5 nitrogen and oxygen atoms in total. The van der Waals surface area contributed by atoms with E-state index in [-0.39, 0.29) is 24.5 Å². The molecule has 1 N–H and O–H groups in total. The number of rotatable bonds is 1. The zero-order valence-corrected chi connectivity index (χ0v) is 9.32. The molecule has 0 bridgehead atoms. The van der Waals surface area contributed by atoms with Crippen LogP contribution < -0.4 is 5.32 Å². The highest BCUT2D eigenvalue weighted by Gasteiger charge is 2.43. The Balaban J connectivity index is 1.75. The number of urea groups is 1. The maximum atomic E-state index is 11.6. The zero-order chi connectivity index (χ0) is 11.1. The van der Waals surface area contributed by atoms with E-state index >= 15 is 0 Å². The molecule has 2 atom stereocenters. The molecule has 3 amide bonds. The van der Waals surface area contributed by atoms with E-state index < -0.39 is 0 Å².